The Labute approximate surface area is 210 Å². The van der Waals surface area contributed by atoms with Crippen LogP contribution in [0.1, 0.15) is 40.0 Å². The van der Waals surface area contributed by atoms with Crippen LogP contribution in [0.2, 0.25) is 0 Å². The highest BCUT2D eigenvalue weighted by molar-refractivity contribution is 6.01. The first kappa shape index (κ1) is 24.2. The second-order valence-electron chi connectivity index (χ2n) is 9.68. The van der Waals surface area contributed by atoms with Gasteiger partial charge in [-0.1, -0.05) is 6.07 Å². The molecule has 2 aliphatic heterocycles. The van der Waals surface area contributed by atoms with Crippen LogP contribution in [-0.2, 0) is 4.79 Å². The molecule has 2 aromatic rings. The predicted octanol–water partition coefficient (Wildman–Crippen LogP) is 2.57. The normalized spacial score (nSPS) is 18.5. The third-order valence-corrected chi connectivity index (χ3v) is 7.06. The summed E-state index contributed by atoms with van der Waals surface area (Å²) in [5.74, 6) is -0.627. The van der Waals surface area contributed by atoms with Crippen molar-refractivity contribution in [2.45, 2.75) is 19.3 Å². The van der Waals surface area contributed by atoms with Crippen LogP contribution in [0, 0.1) is 11.7 Å². The van der Waals surface area contributed by atoms with Gasteiger partial charge in [-0.05, 0) is 62.2 Å². The molecule has 8 nitrogen and oxygen atoms in total. The van der Waals surface area contributed by atoms with E-state index in [2.05, 4.69) is 15.5 Å². The van der Waals surface area contributed by atoms with Gasteiger partial charge >= 0.3 is 0 Å². The van der Waals surface area contributed by atoms with Crippen LogP contribution in [-0.4, -0.2) is 79.9 Å². The lowest BCUT2D eigenvalue weighted by molar-refractivity contribution is -0.117. The maximum atomic E-state index is 13.6. The maximum Gasteiger partial charge on any atom is 0.254 e. The van der Waals surface area contributed by atoms with E-state index in [9.17, 15) is 18.8 Å². The third-order valence-electron chi connectivity index (χ3n) is 7.06. The third kappa shape index (κ3) is 5.51. The minimum atomic E-state index is -0.429. The van der Waals surface area contributed by atoms with E-state index in [4.69, 9.17) is 0 Å². The highest BCUT2D eigenvalue weighted by atomic mass is 19.1. The summed E-state index contributed by atoms with van der Waals surface area (Å²) < 4.78 is 13.6. The molecule has 0 bridgehead atoms. The van der Waals surface area contributed by atoms with Gasteiger partial charge in [-0.25, -0.2) is 4.39 Å². The first-order valence-electron chi connectivity index (χ1n) is 12.7. The fourth-order valence-electron chi connectivity index (χ4n) is 4.81. The fourth-order valence-corrected chi connectivity index (χ4v) is 4.81. The first-order chi connectivity index (χ1) is 17.5. The van der Waals surface area contributed by atoms with Gasteiger partial charge in [0.1, 0.15) is 5.82 Å². The molecule has 0 aromatic heterocycles. The second-order valence-corrected chi connectivity index (χ2v) is 9.68. The van der Waals surface area contributed by atoms with Gasteiger partial charge in [0.25, 0.3) is 11.8 Å². The van der Waals surface area contributed by atoms with E-state index in [1.807, 2.05) is 17.0 Å². The van der Waals surface area contributed by atoms with Crippen molar-refractivity contribution < 1.29 is 18.8 Å². The number of hydrogen-bond donors (Lipinski definition) is 2. The molecule has 1 saturated carbocycles. The van der Waals surface area contributed by atoms with Crippen LogP contribution in [0.4, 0.5) is 15.8 Å². The Morgan fingerprint density at radius 2 is 1.56 bits per heavy atom. The van der Waals surface area contributed by atoms with Gasteiger partial charge in [-0.2, -0.15) is 0 Å². The molecule has 2 heterocycles. The Hall–Kier alpha value is -3.46. The lowest BCUT2D eigenvalue weighted by Gasteiger charge is -2.37. The monoisotopic (exact) mass is 493 g/mol. The van der Waals surface area contributed by atoms with Gasteiger partial charge in [0.05, 0.1) is 11.4 Å². The molecule has 1 aliphatic carbocycles. The molecule has 0 atom stereocenters. The number of nitrogens with zero attached hydrogens (tertiary/aromatic N) is 3. The molecule has 0 radical (unpaired) electrons. The van der Waals surface area contributed by atoms with Crippen molar-refractivity contribution in [2.24, 2.45) is 5.92 Å². The molecule has 3 amide bonds. The Balaban J connectivity index is 1.32. The molecular weight excluding hydrogens is 461 g/mol. The SMILES string of the molecule is O=C(Nc1cc(C(=O)N2CCCNCC2)ccc1N1CCN(C(=O)c2cccc(F)c2)CC1)C1CC1. The highest BCUT2D eigenvalue weighted by Gasteiger charge is 2.31. The summed E-state index contributed by atoms with van der Waals surface area (Å²) in [5.41, 5.74) is 2.38. The Morgan fingerprint density at radius 1 is 0.833 bits per heavy atom. The number of rotatable bonds is 5. The summed E-state index contributed by atoms with van der Waals surface area (Å²) in [6.45, 7) is 5.13. The topological polar surface area (TPSA) is 85.0 Å². The summed E-state index contributed by atoms with van der Waals surface area (Å²) in [6, 6.07) is 11.3. The average Bonchev–Trinajstić information content (AvgIpc) is 3.76. The number of anilines is 2. The van der Waals surface area contributed by atoms with Crippen molar-refractivity contribution in [2.75, 3.05) is 62.6 Å². The molecule has 5 rings (SSSR count). The summed E-state index contributed by atoms with van der Waals surface area (Å²) in [6.07, 6.45) is 2.69. The number of halogens is 1. The van der Waals surface area contributed by atoms with Crippen molar-refractivity contribution in [3.63, 3.8) is 0 Å². The first-order valence-corrected chi connectivity index (χ1v) is 12.7. The Morgan fingerprint density at radius 3 is 2.28 bits per heavy atom. The average molecular weight is 494 g/mol. The minimum absolute atomic E-state index is 0.0141. The molecule has 2 N–H and O–H groups in total. The van der Waals surface area contributed by atoms with Crippen molar-refractivity contribution in [1.29, 1.82) is 0 Å². The number of carbonyl (C=O) groups excluding carboxylic acids is 3. The zero-order valence-corrected chi connectivity index (χ0v) is 20.3. The number of piperazine rings is 1. The molecule has 36 heavy (non-hydrogen) atoms. The van der Waals surface area contributed by atoms with Crippen LogP contribution in [0.25, 0.3) is 0 Å². The quantitative estimate of drug-likeness (QED) is 0.669. The lowest BCUT2D eigenvalue weighted by Crippen LogP contribution is -2.49. The number of benzene rings is 2. The second kappa shape index (κ2) is 10.7. The van der Waals surface area contributed by atoms with E-state index in [-0.39, 0.29) is 23.6 Å². The zero-order chi connectivity index (χ0) is 25.1. The van der Waals surface area contributed by atoms with E-state index >= 15 is 0 Å². The van der Waals surface area contributed by atoms with E-state index in [0.29, 0.717) is 56.1 Å². The molecular formula is C27H32FN5O3. The van der Waals surface area contributed by atoms with E-state index in [0.717, 1.165) is 38.0 Å². The minimum Gasteiger partial charge on any atom is -0.366 e. The molecule has 190 valence electrons. The van der Waals surface area contributed by atoms with E-state index in [1.54, 1.807) is 23.1 Å². The smallest absolute Gasteiger partial charge is 0.254 e. The van der Waals surface area contributed by atoms with Gasteiger partial charge < -0.3 is 25.3 Å². The molecule has 0 unspecified atom stereocenters. The van der Waals surface area contributed by atoms with Gasteiger partial charge in [-0.3, -0.25) is 14.4 Å². The molecule has 3 aliphatic rings. The van der Waals surface area contributed by atoms with Crippen LogP contribution in [0.15, 0.2) is 42.5 Å². The van der Waals surface area contributed by atoms with Crippen molar-refractivity contribution >= 4 is 29.1 Å². The van der Waals surface area contributed by atoms with E-state index in [1.165, 1.54) is 12.1 Å². The molecule has 2 aromatic carbocycles. The summed E-state index contributed by atoms with van der Waals surface area (Å²) in [4.78, 5) is 44.4. The highest BCUT2D eigenvalue weighted by Crippen LogP contribution is 2.34. The molecule has 9 heteroatoms. The van der Waals surface area contributed by atoms with E-state index < -0.39 is 5.82 Å². The largest absolute Gasteiger partial charge is 0.366 e. The van der Waals surface area contributed by atoms with Crippen molar-refractivity contribution in [1.82, 2.24) is 15.1 Å². The van der Waals surface area contributed by atoms with Crippen LogP contribution >= 0.6 is 0 Å². The summed E-state index contributed by atoms with van der Waals surface area (Å²) in [5, 5.41) is 6.37. The predicted molar refractivity (Wildman–Crippen MR) is 136 cm³/mol. The molecule has 0 spiro atoms. The van der Waals surface area contributed by atoms with Crippen LogP contribution < -0.4 is 15.5 Å². The molecule has 2 saturated heterocycles. The van der Waals surface area contributed by atoms with Crippen LogP contribution in [0.5, 0.6) is 0 Å². The van der Waals surface area contributed by atoms with Gasteiger partial charge in [0.2, 0.25) is 5.91 Å². The number of nitrogens with one attached hydrogen (secondary N) is 2. The van der Waals surface area contributed by atoms with Gasteiger partial charge in [-0.15, -0.1) is 0 Å². The number of hydrogen-bond acceptors (Lipinski definition) is 5. The Bertz CT molecular complexity index is 1140. The van der Waals surface area contributed by atoms with Gasteiger partial charge in [0.15, 0.2) is 0 Å². The number of carbonyl (C=O) groups is 3. The fraction of sp³-hybridized carbons (Fsp3) is 0.444. The van der Waals surface area contributed by atoms with Crippen molar-refractivity contribution in [3.8, 4) is 0 Å². The standard InChI is InChI=1S/C27H32FN5O3/c28-22-4-1-3-20(17-22)26(35)33-15-13-31(14-16-33)24-8-7-21(18-23(24)30-25(34)19-5-6-19)27(36)32-11-2-9-29-10-12-32/h1,3-4,7-8,17-19,29H,2,5-6,9-16H2,(H,30,34). The van der Waals surface area contributed by atoms with Crippen molar-refractivity contribution in [3.05, 3.63) is 59.4 Å². The summed E-state index contributed by atoms with van der Waals surface area (Å²) >= 11 is 0. The summed E-state index contributed by atoms with van der Waals surface area (Å²) in [7, 11) is 0. The lowest BCUT2D eigenvalue weighted by atomic mass is 10.1. The van der Waals surface area contributed by atoms with Crippen LogP contribution in [0.3, 0.4) is 0 Å². The zero-order valence-electron chi connectivity index (χ0n) is 20.3. The maximum absolute atomic E-state index is 13.6. The molecule has 3 fully saturated rings. The number of amides is 3. The van der Waals surface area contributed by atoms with Gasteiger partial charge in [0, 0.05) is 62.9 Å². The Kier molecular flexibility index (Phi) is 7.18.